The van der Waals surface area contributed by atoms with Crippen LogP contribution in [0.4, 0.5) is 5.69 Å². The van der Waals surface area contributed by atoms with Crippen LogP contribution in [-0.4, -0.2) is 0 Å². The molecule has 1 aromatic carbocycles. The third-order valence-corrected chi connectivity index (χ3v) is 2.85. The molecule has 1 aromatic rings. The Labute approximate surface area is 86.7 Å². The molecule has 0 aliphatic rings. The number of hydrogen-bond acceptors (Lipinski definition) is 2. The summed E-state index contributed by atoms with van der Waals surface area (Å²) in [6.07, 6.45) is 0. The first-order valence-electron chi connectivity index (χ1n) is 2.79. The molecule has 0 spiro atoms. The fraction of sp³-hybridized carbons (Fsp3) is 0. The highest BCUT2D eigenvalue weighted by molar-refractivity contribution is 14.1. The highest BCUT2D eigenvalue weighted by Gasteiger charge is 2.03. The lowest BCUT2D eigenvalue weighted by Gasteiger charge is -2.00. The Bertz CT molecular complexity index is 330. The van der Waals surface area contributed by atoms with E-state index in [1.54, 1.807) is 12.1 Å². The largest absolute Gasteiger partial charge is 0.398 e. The van der Waals surface area contributed by atoms with Crippen LogP contribution in [0.1, 0.15) is 5.56 Å². The van der Waals surface area contributed by atoms with E-state index in [0.717, 1.165) is 8.04 Å². The first-order chi connectivity index (χ1) is 5.15. The predicted octanol–water partition coefficient (Wildman–Crippen LogP) is 2.51. The number of nitrogens with two attached hydrogens (primary N) is 1. The molecule has 0 aromatic heterocycles. The van der Waals surface area contributed by atoms with E-state index in [0.29, 0.717) is 11.3 Å². The van der Waals surface area contributed by atoms with Crippen molar-refractivity contribution in [3.05, 3.63) is 25.7 Å². The van der Waals surface area contributed by atoms with Crippen molar-refractivity contribution in [2.24, 2.45) is 0 Å². The van der Waals surface area contributed by atoms with Crippen LogP contribution in [0.15, 0.2) is 16.6 Å². The van der Waals surface area contributed by atoms with Gasteiger partial charge in [0, 0.05) is 10.2 Å². The first-order valence-corrected chi connectivity index (χ1v) is 4.67. The number of nitriles is 1. The molecular formula is C7H4BrIN2. The molecule has 0 saturated heterocycles. The monoisotopic (exact) mass is 322 g/mol. The third-order valence-electron chi connectivity index (χ3n) is 1.19. The van der Waals surface area contributed by atoms with Crippen molar-refractivity contribution in [1.82, 2.24) is 0 Å². The Kier molecular flexibility index (Phi) is 2.73. The van der Waals surface area contributed by atoms with Gasteiger partial charge >= 0.3 is 0 Å². The van der Waals surface area contributed by atoms with Crippen molar-refractivity contribution in [3.8, 4) is 6.07 Å². The minimum atomic E-state index is 0.609. The molecule has 0 unspecified atom stereocenters. The maximum absolute atomic E-state index is 8.64. The molecule has 0 atom stereocenters. The van der Waals surface area contributed by atoms with E-state index in [1.165, 1.54) is 0 Å². The first kappa shape index (κ1) is 8.81. The summed E-state index contributed by atoms with van der Waals surface area (Å²) >= 11 is 5.31. The molecule has 1 rings (SSSR count). The summed E-state index contributed by atoms with van der Waals surface area (Å²) < 4.78 is 1.65. The summed E-state index contributed by atoms with van der Waals surface area (Å²) in [6.45, 7) is 0. The maximum Gasteiger partial charge on any atom is 0.100 e. The van der Waals surface area contributed by atoms with Gasteiger partial charge in [-0.1, -0.05) is 15.9 Å². The second kappa shape index (κ2) is 3.41. The Hall–Kier alpha value is -0.280. The van der Waals surface area contributed by atoms with Gasteiger partial charge in [0.05, 0.1) is 9.13 Å². The Morgan fingerprint density at radius 2 is 2.18 bits per heavy atom. The fourth-order valence-electron chi connectivity index (χ4n) is 0.692. The molecule has 0 aliphatic heterocycles. The number of anilines is 1. The molecule has 0 amide bonds. The normalized spacial score (nSPS) is 9.18. The number of rotatable bonds is 0. The highest BCUT2D eigenvalue weighted by Crippen LogP contribution is 2.24. The molecule has 56 valence electrons. The van der Waals surface area contributed by atoms with Gasteiger partial charge in [-0.05, 0) is 34.7 Å². The molecule has 0 bridgehead atoms. The SMILES string of the molecule is N#Cc1cc(Br)cc(N)c1I. The number of halogens is 2. The fourth-order valence-corrected chi connectivity index (χ4v) is 1.60. The van der Waals surface area contributed by atoms with Gasteiger partial charge in [0.25, 0.3) is 0 Å². The zero-order valence-corrected chi connectivity index (χ0v) is 9.18. The molecule has 0 fully saturated rings. The summed E-state index contributed by atoms with van der Waals surface area (Å²) in [4.78, 5) is 0. The van der Waals surface area contributed by atoms with Crippen molar-refractivity contribution in [2.75, 3.05) is 5.73 Å². The van der Waals surface area contributed by atoms with Gasteiger partial charge in [-0.2, -0.15) is 5.26 Å². The molecular weight excluding hydrogens is 319 g/mol. The Balaban J connectivity index is 3.39. The molecule has 4 heteroatoms. The van der Waals surface area contributed by atoms with Crippen LogP contribution in [0.3, 0.4) is 0 Å². The molecule has 0 saturated carbocycles. The van der Waals surface area contributed by atoms with Crippen molar-refractivity contribution < 1.29 is 0 Å². The van der Waals surface area contributed by atoms with Crippen LogP contribution in [0.5, 0.6) is 0 Å². The average Bonchev–Trinajstić information content (AvgIpc) is 1.96. The smallest absolute Gasteiger partial charge is 0.100 e. The second-order valence-corrected chi connectivity index (χ2v) is 3.96. The van der Waals surface area contributed by atoms with Crippen molar-refractivity contribution in [3.63, 3.8) is 0 Å². The molecule has 0 heterocycles. The highest BCUT2D eigenvalue weighted by atomic mass is 127. The molecule has 11 heavy (non-hydrogen) atoms. The number of hydrogen-bond donors (Lipinski definition) is 1. The van der Waals surface area contributed by atoms with E-state index in [1.807, 2.05) is 0 Å². The van der Waals surface area contributed by atoms with Gasteiger partial charge in [-0.15, -0.1) is 0 Å². The summed E-state index contributed by atoms with van der Waals surface area (Å²) in [6, 6.07) is 5.59. The van der Waals surface area contributed by atoms with Gasteiger partial charge < -0.3 is 5.73 Å². The van der Waals surface area contributed by atoms with Crippen LogP contribution < -0.4 is 5.73 Å². The number of nitrogen functional groups attached to an aromatic ring is 1. The predicted molar refractivity (Wildman–Crippen MR) is 56.0 cm³/mol. The van der Waals surface area contributed by atoms with E-state index in [2.05, 4.69) is 44.6 Å². The van der Waals surface area contributed by atoms with Crippen molar-refractivity contribution in [1.29, 1.82) is 5.26 Å². The van der Waals surface area contributed by atoms with Crippen LogP contribution in [0, 0.1) is 14.9 Å². The minimum Gasteiger partial charge on any atom is -0.398 e. The average molecular weight is 323 g/mol. The van der Waals surface area contributed by atoms with Crippen LogP contribution in [0.25, 0.3) is 0 Å². The van der Waals surface area contributed by atoms with Gasteiger partial charge in [0.15, 0.2) is 0 Å². The van der Waals surface area contributed by atoms with E-state index in [4.69, 9.17) is 11.0 Å². The minimum absolute atomic E-state index is 0.609. The van der Waals surface area contributed by atoms with E-state index < -0.39 is 0 Å². The van der Waals surface area contributed by atoms with Crippen molar-refractivity contribution >= 4 is 44.2 Å². The summed E-state index contributed by atoms with van der Waals surface area (Å²) in [5, 5.41) is 8.64. The maximum atomic E-state index is 8.64. The lowest BCUT2D eigenvalue weighted by molar-refractivity contribution is 1.45. The number of nitrogens with zero attached hydrogens (tertiary/aromatic N) is 1. The Morgan fingerprint density at radius 3 is 2.73 bits per heavy atom. The summed E-state index contributed by atoms with van der Waals surface area (Å²) in [7, 11) is 0. The van der Waals surface area contributed by atoms with Crippen LogP contribution in [-0.2, 0) is 0 Å². The van der Waals surface area contributed by atoms with Crippen LogP contribution >= 0.6 is 38.5 Å². The zero-order valence-electron chi connectivity index (χ0n) is 5.44. The zero-order chi connectivity index (χ0) is 8.43. The van der Waals surface area contributed by atoms with E-state index in [9.17, 15) is 0 Å². The topological polar surface area (TPSA) is 49.8 Å². The lowest BCUT2D eigenvalue weighted by Crippen LogP contribution is -1.92. The second-order valence-electron chi connectivity index (χ2n) is 1.97. The van der Waals surface area contributed by atoms with Gasteiger partial charge in [0.1, 0.15) is 6.07 Å². The van der Waals surface area contributed by atoms with E-state index in [-0.39, 0.29) is 0 Å². The van der Waals surface area contributed by atoms with Gasteiger partial charge in [-0.25, -0.2) is 0 Å². The third kappa shape index (κ3) is 1.84. The summed E-state index contributed by atoms with van der Waals surface area (Å²) in [5.41, 5.74) is 6.85. The number of benzene rings is 1. The lowest BCUT2D eigenvalue weighted by atomic mass is 10.2. The Morgan fingerprint density at radius 1 is 1.55 bits per heavy atom. The van der Waals surface area contributed by atoms with Gasteiger partial charge in [0.2, 0.25) is 0 Å². The van der Waals surface area contributed by atoms with Gasteiger partial charge in [-0.3, -0.25) is 0 Å². The quantitative estimate of drug-likeness (QED) is 0.589. The summed E-state index contributed by atoms with van der Waals surface area (Å²) in [5.74, 6) is 0. The standard InChI is InChI=1S/C7H4BrIN2/c8-5-1-4(3-10)7(9)6(11)2-5/h1-2H,11H2. The molecule has 0 aliphatic carbocycles. The van der Waals surface area contributed by atoms with Crippen LogP contribution in [0.2, 0.25) is 0 Å². The van der Waals surface area contributed by atoms with Crippen molar-refractivity contribution in [2.45, 2.75) is 0 Å². The molecule has 0 radical (unpaired) electrons. The van der Waals surface area contributed by atoms with E-state index >= 15 is 0 Å². The molecule has 2 nitrogen and oxygen atoms in total. The molecule has 2 N–H and O–H groups in total.